The van der Waals surface area contributed by atoms with Crippen LogP contribution in [0.3, 0.4) is 0 Å². The van der Waals surface area contributed by atoms with Gasteiger partial charge in [0.1, 0.15) is 11.4 Å². The maximum Gasteiger partial charge on any atom is 0.193 e. The van der Waals surface area contributed by atoms with Gasteiger partial charge in [-0.1, -0.05) is 23.4 Å². The summed E-state index contributed by atoms with van der Waals surface area (Å²) in [6.45, 7) is 4.42. The van der Waals surface area contributed by atoms with Crippen LogP contribution in [0.1, 0.15) is 35.7 Å². The molecule has 0 amide bonds. The van der Waals surface area contributed by atoms with Gasteiger partial charge in [0.15, 0.2) is 17.5 Å². The van der Waals surface area contributed by atoms with Crippen LogP contribution in [-0.4, -0.2) is 34.7 Å². The van der Waals surface area contributed by atoms with Crippen LogP contribution in [0.2, 0.25) is 0 Å². The first kappa shape index (κ1) is 18.4. The molecule has 8 nitrogen and oxygen atoms in total. The summed E-state index contributed by atoms with van der Waals surface area (Å²) in [5.74, 6) is -0.550. The fourth-order valence-corrected chi connectivity index (χ4v) is 3.40. The molecular weight excluding hydrogens is 383 g/mol. The van der Waals surface area contributed by atoms with Gasteiger partial charge in [0.2, 0.25) is 0 Å². The van der Waals surface area contributed by atoms with Gasteiger partial charge >= 0.3 is 0 Å². The summed E-state index contributed by atoms with van der Waals surface area (Å²) in [6, 6.07) is 8.29. The van der Waals surface area contributed by atoms with Crippen LogP contribution < -0.4 is 5.73 Å². The number of benzene rings is 1. The highest BCUT2D eigenvalue weighted by molar-refractivity contribution is 5.67. The minimum absolute atomic E-state index is 0.0353. The van der Waals surface area contributed by atoms with E-state index in [4.69, 9.17) is 5.73 Å². The number of hydrogen-bond donors (Lipinski definition) is 1. The summed E-state index contributed by atoms with van der Waals surface area (Å²) >= 11 is 0. The Morgan fingerprint density at radius 2 is 2.00 bits per heavy atom. The Labute approximate surface area is 172 Å². The molecule has 3 heterocycles. The Morgan fingerprint density at radius 1 is 1.17 bits per heavy atom. The SMILES string of the molecule is Cc1cccc(-c2nc(N)c(F)c(-c3cn(Cc4ccn(C5CC5)n4)nn3)n2)c1C. The van der Waals surface area contributed by atoms with Crippen molar-refractivity contribution in [3.05, 3.63) is 59.3 Å². The van der Waals surface area contributed by atoms with Gasteiger partial charge in [0, 0.05) is 11.8 Å². The van der Waals surface area contributed by atoms with Crippen molar-refractivity contribution in [2.24, 2.45) is 0 Å². The van der Waals surface area contributed by atoms with E-state index in [9.17, 15) is 4.39 Å². The van der Waals surface area contributed by atoms with Crippen molar-refractivity contribution in [2.75, 3.05) is 5.73 Å². The molecule has 30 heavy (non-hydrogen) atoms. The van der Waals surface area contributed by atoms with Gasteiger partial charge < -0.3 is 5.73 Å². The minimum Gasteiger partial charge on any atom is -0.381 e. The lowest BCUT2D eigenvalue weighted by Gasteiger charge is -2.10. The van der Waals surface area contributed by atoms with Gasteiger partial charge in [-0.3, -0.25) is 4.68 Å². The molecule has 0 atom stereocenters. The number of nitrogen functional groups attached to an aromatic ring is 1. The van der Waals surface area contributed by atoms with Crippen LogP contribution in [0.25, 0.3) is 22.8 Å². The first-order valence-electron chi connectivity index (χ1n) is 9.83. The molecule has 4 aromatic rings. The Hall–Kier alpha value is -3.62. The van der Waals surface area contributed by atoms with Crippen LogP contribution >= 0.6 is 0 Å². The average molecular weight is 404 g/mol. The maximum atomic E-state index is 14.8. The van der Waals surface area contributed by atoms with Crippen LogP contribution in [-0.2, 0) is 6.54 Å². The minimum atomic E-state index is -0.700. The molecule has 0 radical (unpaired) electrons. The van der Waals surface area contributed by atoms with Crippen molar-refractivity contribution in [2.45, 2.75) is 39.3 Å². The molecule has 5 rings (SSSR count). The molecule has 3 aromatic heterocycles. The molecule has 1 aromatic carbocycles. The summed E-state index contributed by atoms with van der Waals surface area (Å²) in [6.07, 6.45) is 5.97. The summed E-state index contributed by atoms with van der Waals surface area (Å²) in [5.41, 5.74) is 9.99. The molecule has 0 bridgehead atoms. The Bertz CT molecular complexity index is 1240. The molecule has 1 saturated carbocycles. The van der Waals surface area contributed by atoms with Crippen LogP contribution in [0.15, 0.2) is 36.7 Å². The lowest BCUT2D eigenvalue weighted by atomic mass is 10.0. The highest BCUT2D eigenvalue weighted by Gasteiger charge is 2.24. The van der Waals surface area contributed by atoms with E-state index in [2.05, 4.69) is 25.4 Å². The highest BCUT2D eigenvalue weighted by Crippen LogP contribution is 2.34. The monoisotopic (exact) mass is 404 g/mol. The van der Waals surface area contributed by atoms with Crippen LogP contribution in [0.4, 0.5) is 10.2 Å². The number of hydrogen-bond acceptors (Lipinski definition) is 6. The number of aryl methyl sites for hydroxylation is 1. The maximum absolute atomic E-state index is 14.8. The molecular formula is C21H21FN8. The second kappa shape index (κ2) is 7.01. The first-order chi connectivity index (χ1) is 14.5. The molecule has 2 N–H and O–H groups in total. The van der Waals surface area contributed by atoms with Crippen molar-refractivity contribution < 1.29 is 4.39 Å². The second-order valence-electron chi connectivity index (χ2n) is 7.66. The van der Waals surface area contributed by atoms with Gasteiger partial charge in [0.05, 0.1) is 24.5 Å². The normalized spacial score (nSPS) is 13.7. The Kier molecular flexibility index (Phi) is 4.30. The van der Waals surface area contributed by atoms with E-state index < -0.39 is 5.82 Å². The number of nitrogens with two attached hydrogens (primary N) is 1. The zero-order chi connectivity index (χ0) is 20.8. The molecule has 9 heteroatoms. The average Bonchev–Trinajstić information content (AvgIpc) is 3.30. The fourth-order valence-electron chi connectivity index (χ4n) is 3.40. The van der Waals surface area contributed by atoms with E-state index >= 15 is 0 Å². The molecule has 1 aliphatic rings. The van der Waals surface area contributed by atoms with Crippen molar-refractivity contribution >= 4 is 5.82 Å². The van der Waals surface area contributed by atoms with E-state index in [1.165, 1.54) is 12.8 Å². The lowest BCUT2D eigenvalue weighted by Crippen LogP contribution is -2.04. The third kappa shape index (κ3) is 3.32. The van der Waals surface area contributed by atoms with Gasteiger partial charge in [-0.15, -0.1) is 5.10 Å². The van der Waals surface area contributed by atoms with Crippen LogP contribution in [0.5, 0.6) is 0 Å². The topological polar surface area (TPSA) is 100 Å². The smallest absolute Gasteiger partial charge is 0.193 e. The Morgan fingerprint density at radius 3 is 2.80 bits per heavy atom. The van der Waals surface area contributed by atoms with Gasteiger partial charge in [-0.25, -0.2) is 19.0 Å². The van der Waals surface area contributed by atoms with Crippen molar-refractivity contribution in [1.82, 2.24) is 34.7 Å². The molecule has 1 fully saturated rings. The number of aromatic nitrogens is 7. The second-order valence-corrected chi connectivity index (χ2v) is 7.66. The van der Waals surface area contributed by atoms with E-state index in [0.717, 1.165) is 22.4 Å². The molecule has 0 spiro atoms. The number of halogens is 1. The first-order valence-corrected chi connectivity index (χ1v) is 9.83. The van der Waals surface area contributed by atoms with Crippen LogP contribution in [0, 0.1) is 19.7 Å². The summed E-state index contributed by atoms with van der Waals surface area (Å²) in [7, 11) is 0. The van der Waals surface area contributed by atoms with E-state index in [-0.39, 0.29) is 11.5 Å². The lowest BCUT2D eigenvalue weighted by molar-refractivity contribution is 0.595. The third-order valence-corrected chi connectivity index (χ3v) is 5.41. The quantitative estimate of drug-likeness (QED) is 0.548. The standard InChI is InChI=1S/C21H21FN8/c1-12-4-3-5-16(13(12)2)21-24-19(18(22)20(23)25-21)17-11-29(28-26-17)10-14-8-9-30(27-14)15-6-7-15/h3-5,8-9,11,15H,6-7,10H2,1-2H3,(H2,23,24,25). The molecule has 0 saturated heterocycles. The number of nitrogens with zero attached hydrogens (tertiary/aromatic N) is 7. The van der Waals surface area contributed by atoms with E-state index in [0.29, 0.717) is 24.1 Å². The van der Waals surface area contributed by atoms with Gasteiger partial charge in [-0.05, 0) is 43.9 Å². The zero-order valence-electron chi connectivity index (χ0n) is 16.7. The highest BCUT2D eigenvalue weighted by atomic mass is 19.1. The number of anilines is 1. The fraction of sp³-hybridized carbons (Fsp3) is 0.286. The largest absolute Gasteiger partial charge is 0.381 e. The summed E-state index contributed by atoms with van der Waals surface area (Å²) in [5, 5.41) is 12.8. The molecule has 1 aliphatic carbocycles. The van der Waals surface area contributed by atoms with Gasteiger partial charge in [0.25, 0.3) is 0 Å². The summed E-state index contributed by atoms with van der Waals surface area (Å²) < 4.78 is 18.4. The zero-order valence-corrected chi connectivity index (χ0v) is 16.7. The molecule has 0 aliphatic heterocycles. The summed E-state index contributed by atoms with van der Waals surface area (Å²) in [4.78, 5) is 8.58. The predicted octanol–water partition coefficient (Wildman–Crippen LogP) is 3.32. The van der Waals surface area contributed by atoms with E-state index in [1.807, 2.05) is 49.0 Å². The molecule has 0 unspecified atom stereocenters. The predicted molar refractivity (Wildman–Crippen MR) is 110 cm³/mol. The van der Waals surface area contributed by atoms with Crippen molar-refractivity contribution in [3.63, 3.8) is 0 Å². The van der Waals surface area contributed by atoms with E-state index in [1.54, 1.807) is 10.9 Å². The van der Waals surface area contributed by atoms with Crippen molar-refractivity contribution in [3.8, 4) is 22.8 Å². The number of rotatable bonds is 5. The van der Waals surface area contributed by atoms with Gasteiger partial charge in [-0.2, -0.15) is 5.10 Å². The Balaban J connectivity index is 1.47. The third-order valence-electron chi connectivity index (χ3n) is 5.41. The molecule has 152 valence electrons. The van der Waals surface area contributed by atoms with Crippen molar-refractivity contribution in [1.29, 1.82) is 0 Å².